The van der Waals surface area contributed by atoms with Gasteiger partial charge >= 0.3 is 24.4 Å². The average Bonchev–Trinajstić information content (AvgIpc) is 3.68. The molecule has 3 aliphatic heterocycles. The van der Waals surface area contributed by atoms with E-state index in [1.54, 1.807) is 12.1 Å². The number of anilines is 2. The van der Waals surface area contributed by atoms with Crippen LogP contribution in [0.25, 0.3) is 0 Å². The number of carbonyl (C=O) groups is 5. The maximum absolute atomic E-state index is 14.4. The molecule has 0 unspecified atom stereocenters. The molecule has 0 radical (unpaired) electrons. The van der Waals surface area contributed by atoms with Gasteiger partial charge in [-0.15, -0.1) is 17.0 Å². The number of hydrogen-bond donors (Lipinski definition) is 5. The smallest absolute Gasteiger partial charge is 0.416 e. The third-order valence-electron chi connectivity index (χ3n) is 12.8. The summed E-state index contributed by atoms with van der Waals surface area (Å²) in [4.78, 5) is 71.7. The molecule has 7 rings (SSSR count). The Hall–Kier alpha value is -7.77. The number of urea groups is 2. The van der Waals surface area contributed by atoms with Crippen molar-refractivity contribution in [2.45, 2.75) is 37.3 Å². The highest BCUT2D eigenvalue weighted by molar-refractivity contribution is 8.93. The summed E-state index contributed by atoms with van der Waals surface area (Å²) >= 11 is 0. The standard InChI is InChI=1S/C50H45F6N9O8.BrH/c51-49(52,53)34-5-1-7-36(25-34)63-38-29-62(45(69)39(38)41(60-47(63)72)32-13-9-30(27-57)10-14-32)18-4-20-65(21-23-66,22-24-67)19-3-17-59-44(68)40-42(33-15-11-31(28-58)12-16-33)61-48(73)64(43(40)46(70)71)37-8-2-6-35(26-37)50(54,55)56;/h1-2,5-16,25-26,41-42,66-67H,3-4,17-24,29H2,(H3-,59,60,61,68,70,71,72,73);1H/t41-,42-;/m1./s1. The van der Waals surface area contributed by atoms with Gasteiger partial charge in [0.1, 0.15) is 13.1 Å². The second-order valence-electron chi connectivity index (χ2n) is 17.3. The van der Waals surface area contributed by atoms with E-state index in [0.29, 0.717) is 28.2 Å². The highest BCUT2D eigenvalue weighted by atomic mass is 79.9. The monoisotopic (exact) mass is 1090 g/mol. The van der Waals surface area contributed by atoms with Crippen LogP contribution in [0.2, 0.25) is 0 Å². The van der Waals surface area contributed by atoms with Crippen LogP contribution in [0.4, 0.5) is 47.3 Å². The molecule has 3 heterocycles. The van der Waals surface area contributed by atoms with Gasteiger partial charge in [-0.3, -0.25) is 19.4 Å². The number of aliphatic hydroxyl groups excluding tert-OH is 2. The number of carboxylic acids is 1. The zero-order valence-electron chi connectivity index (χ0n) is 38.9. The van der Waals surface area contributed by atoms with Crippen molar-refractivity contribution in [3.63, 3.8) is 0 Å². The van der Waals surface area contributed by atoms with Crippen molar-refractivity contribution in [2.75, 3.05) is 68.8 Å². The molecule has 0 bridgehead atoms. The number of alkyl halides is 6. The van der Waals surface area contributed by atoms with E-state index in [4.69, 9.17) is 0 Å². The van der Waals surface area contributed by atoms with E-state index in [1.807, 2.05) is 12.1 Å². The first-order chi connectivity index (χ1) is 34.7. The van der Waals surface area contributed by atoms with Crippen molar-refractivity contribution in [2.24, 2.45) is 0 Å². The van der Waals surface area contributed by atoms with Crippen LogP contribution in [0.15, 0.2) is 120 Å². The molecule has 24 heteroatoms. The second kappa shape index (κ2) is 23.0. The predicted molar refractivity (Wildman–Crippen MR) is 255 cm³/mol. The highest BCUT2D eigenvalue weighted by Gasteiger charge is 2.46. The van der Waals surface area contributed by atoms with E-state index < -0.39 is 82.4 Å². The Balaban J connectivity index is 0.00000892. The molecule has 0 saturated heterocycles. The summed E-state index contributed by atoms with van der Waals surface area (Å²) in [5, 5.41) is 59.9. The number of nitrogens with one attached hydrogen (secondary N) is 3. The second-order valence-corrected chi connectivity index (χ2v) is 17.3. The van der Waals surface area contributed by atoms with Gasteiger partial charge in [0.05, 0.1) is 119 Å². The fourth-order valence-corrected chi connectivity index (χ4v) is 9.30. The minimum atomic E-state index is -4.89. The number of nitriles is 2. The van der Waals surface area contributed by atoms with Gasteiger partial charge in [-0.1, -0.05) is 36.4 Å². The van der Waals surface area contributed by atoms with Crippen molar-refractivity contribution in [3.8, 4) is 12.1 Å². The van der Waals surface area contributed by atoms with Crippen molar-refractivity contribution in [3.05, 3.63) is 153 Å². The average molecular weight is 1090 g/mol. The van der Waals surface area contributed by atoms with Gasteiger partial charge < -0.3 is 45.4 Å². The van der Waals surface area contributed by atoms with Crippen LogP contribution >= 0.6 is 17.0 Å². The van der Waals surface area contributed by atoms with Crippen LogP contribution in [0, 0.1) is 22.7 Å². The molecule has 5 N–H and O–H groups in total. The Bertz CT molecular complexity index is 2950. The van der Waals surface area contributed by atoms with E-state index in [2.05, 4.69) is 16.0 Å². The number of nitrogens with zero attached hydrogens (tertiary/aromatic N) is 6. The first-order valence-electron chi connectivity index (χ1n) is 22.6. The molecule has 0 fully saturated rings. The molecule has 4 aromatic carbocycles. The molecule has 3 aliphatic rings. The van der Waals surface area contributed by atoms with Gasteiger partial charge in [0.15, 0.2) is 0 Å². The number of carbonyl (C=O) groups excluding carboxylic acids is 5. The minimum Gasteiger partial charge on any atom is -0.543 e. The van der Waals surface area contributed by atoms with Crippen LogP contribution in [-0.2, 0) is 26.7 Å². The summed E-state index contributed by atoms with van der Waals surface area (Å²) in [5.41, 5.74) is -3.27. The zero-order valence-corrected chi connectivity index (χ0v) is 40.6. The predicted octanol–water partition coefficient (Wildman–Crippen LogP) is 5.09. The molecule has 2 atom stereocenters. The topological polar surface area (TPSA) is 242 Å². The first-order valence-corrected chi connectivity index (χ1v) is 22.6. The lowest BCUT2D eigenvalue weighted by Crippen LogP contribution is -2.55. The van der Waals surface area contributed by atoms with E-state index >= 15 is 0 Å². The molecule has 6 amide bonds. The summed E-state index contributed by atoms with van der Waals surface area (Å²) in [6.07, 6.45) is -9.29. The third-order valence-corrected chi connectivity index (χ3v) is 12.8. The van der Waals surface area contributed by atoms with Crippen LogP contribution in [-0.4, -0.2) is 108 Å². The quantitative estimate of drug-likeness (QED) is 0.0503. The number of aliphatic carboxylic acids is 1. The third kappa shape index (κ3) is 11.8. The van der Waals surface area contributed by atoms with Crippen molar-refractivity contribution >= 4 is 58.2 Å². The largest absolute Gasteiger partial charge is 0.543 e. The van der Waals surface area contributed by atoms with Crippen LogP contribution in [0.5, 0.6) is 0 Å². The molecule has 0 aromatic heterocycles. The fourth-order valence-electron chi connectivity index (χ4n) is 9.30. The maximum Gasteiger partial charge on any atom is 0.416 e. The van der Waals surface area contributed by atoms with E-state index in [1.165, 1.54) is 47.4 Å². The van der Waals surface area contributed by atoms with Crippen molar-refractivity contribution in [1.29, 1.82) is 10.5 Å². The van der Waals surface area contributed by atoms with E-state index in [9.17, 15) is 76.2 Å². The lowest BCUT2D eigenvalue weighted by molar-refractivity contribution is -0.929. The van der Waals surface area contributed by atoms with Crippen LogP contribution in [0.3, 0.4) is 0 Å². The first kappa shape index (κ1) is 55.5. The molecule has 0 aliphatic carbocycles. The van der Waals surface area contributed by atoms with Gasteiger partial charge in [-0.2, -0.15) is 36.9 Å². The molecular formula is C50H46BrF6N9O8. The zero-order chi connectivity index (χ0) is 52.8. The molecular weight excluding hydrogens is 1050 g/mol. The molecule has 4 aromatic rings. The minimum absolute atomic E-state index is 0. The van der Waals surface area contributed by atoms with Gasteiger partial charge in [0.25, 0.3) is 11.8 Å². The lowest BCUT2D eigenvalue weighted by atomic mass is 9.92. The number of hydrogen-bond acceptors (Lipinski definition) is 10. The highest BCUT2D eigenvalue weighted by Crippen LogP contribution is 2.41. The number of rotatable bonds is 18. The summed E-state index contributed by atoms with van der Waals surface area (Å²) in [6.45, 7) is -0.504. The van der Waals surface area contributed by atoms with Crippen LogP contribution < -0.4 is 30.9 Å². The van der Waals surface area contributed by atoms with Gasteiger partial charge in [-0.25, -0.2) is 9.59 Å². The SMILES string of the molecule is Br.N#Cc1ccc([C@H]2NC(=O)N(c3cccc(C(F)(F)F)c3)C3=C2C(=O)N(CCC[N+](CCO)(CCO)CCCNC(=O)C2=C(C(=O)[O-])N(c4cccc(C(F)(F)F)c4)C(=O)N[C@@H]2c2ccc(C#N)cc2)C3)cc1. The van der Waals surface area contributed by atoms with Gasteiger partial charge in [0, 0.05) is 25.9 Å². The summed E-state index contributed by atoms with van der Waals surface area (Å²) in [6, 6.07) is 18.2. The van der Waals surface area contributed by atoms with Crippen molar-refractivity contribution < 1.29 is 70.1 Å². The number of amides is 6. The van der Waals surface area contributed by atoms with E-state index in [-0.39, 0.29) is 121 Å². The molecule has 0 spiro atoms. The van der Waals surface area contributed by atoms with Crippen LogP contribution in [0.1, 0.15) is 58.3 Å². The Morgan fingerprint density at radius 3 is 1.70 bits per heavy atom. The fraction of sp³-hybridized carbons (Fsp3) is 0.300. The Kier molecular flexibility index (Phi) is 17.2. The van der Waals surface area contributed by atoms with Gasteiger partial charge in [0.2, 0.25) is 0 Å². The molecule has 0 saturated carbocycles. The number of halogens is 7. The summed E-state index contributed by atoms with van der Waals surface area (Å²) in [7, 11) is 0. The normalized spacial score (nSPS) is 17.0. The maximum atomic E-state index is 14.4. The molecule has 74 heavy (non-hydrogen) atoms. The number of quaternary nitrogens is 1. The van der Waals surface area contributed by atoms with E-state index in [0.717, 1.165) is 35.2 Å². The summed E-state index contributed by atoms with van der Waals surface area (Å²) in [5.74, 6) is -3.65. The Morgan fingerprint density at radius 1 is 0.716 bits per heavy atom. The number of aliphatic hydroxyl groups is 2. The molecule has 17 nitrogen and oxygen atoms in total. The number of carboxylic acid groups (broad SMARTS) is 1. The summed E-state index contributed by atoms with van der Waals surface area (Å²) < 4.78 is 82.8. The van der Waals surface area contributed by atoms with Crippen molar-refractivity contribution in [1.82, 2.24) is 20.9 Å². The Morgan fingerprint density at radius 2 is 1.20 bits per heavy atom. The lowest BCUT2D eigenvalue weighted by Gasteiger charge is -2.39. The van der Waals surface area contributed by atoms with Gasteiger partial charge in [-0.05, 0) is 71.8 Å². The number of benzene rings is 4. The Labute approximate surface area is 429 Å². The molecule has 388 valence electrons.